The number of nitrogens with one attached hydrogen (secondary N) is 1. The lowest BCUT2D eigenvalue weighted by Gasteiger charge is -1.91. The van der Waals surface area contributed by atoms with Gasteiger partial charge in [-0.25, -0.2) is 4.99 Å². The standard InChI is InChI=1S/C8H9N3O2/c1-6(9)10-7-3-2-4-8(5-7)11(12)13/h2-5H,1H3,(H2,9,10)/p+1. The summed E-state index contributed by atoms with van der Waals surface area (Å²) in [6.45, 7) is 1.68. The lowest BCUT2D eigenvalue weighted by atomic mass is 10.3. The molecule has 5 nitrogen and oxygen atoms in total. The van der Waals surface area contributed by atoms with Crippen molar-refractivity contribution < 1.29 is 9.92 Å². The number of nitro benzene ring substituents is 1. The molecule has 0 fully saturated rings. The Bertz CT molecular complexity index is 356. The first-order chi connectivity index (χ1) is 6.09. The van der Waals surface area contributed by atoms with E-state index in [1.165, 1.54) is 12.1 Å². The molecule has 3 N–H and O–H groups in total. The number of nitrogens with zero attached hydrogens (tertiary/aromatic N) is 1. The average molecular weight is 180 g/mol. The zero-order valence-corrected chi connectivity index (χ0v) is 7.15. The smallest absolute Gasteiger partial charge is 0.273 e. The minimum atomic E-state index is -0.447. The van der Waals surface area contributed by atoms with Crippen LogP contribution in [0.15, 0.2) is 24.3 Å². The predicted molar refractivity (Wildman–Crippen MR) is 48.6 cm³/mol. The highest BCUT2D eigenvalue weighted by Gasteiger charge is 2.05. The van der Waals surface area contributed by atoms with Crippen molar-refractivity contribution in [3.63, 3.8) is 0 Å². The number of hydrogen-bond donors (Lipinski definition) is 2. The number of non-ortho nitro benzene ring substituents is 1. The summed E-state index contributed by atoms with van der Waals surface area (Å²) in [6, 6.07) is 6.17. The van der Waals surface area contributed by atoms with Crippen LogP contribution in [0.2, 0.25) is 0 Å². The van der Waals surface area contributed by atoms with Gasteiger partial charge in [0.05, 0.1) is 11.0 Å². The first-order valence-corrected chi connectivity index (χ1v) is 3.70. The number of nitrogens with two attached hydrogens (primary N) is 1. The van der Waals surface area contributed by atoms with Crippen LogP contribution in [0.1, 0.15) is 6.92 Å². The van der Waals surface area contributed by atoms with Crippen molar-refractivity contribution in [2.75, 3.05) is 0 Å². The lowest BCUT2D eigenvalue weighted by molar-refractivity contribution is -0.387. The van der Waals surface area contributed by atoms with E-state index in [4.69, 9.17) is 5.73 Å². The van der Waals surface area contributed by atoms with Gasteiger partial charge in [0.25, 0.3) is 5.69 Å². The molecule has 1 aromatic rings. The number of benzene rings is 1. The van der Waals surface area contributed by atoms with Gasteiger partial charge in [-0.2, -0.15) is 0 Å². The second-order valence-corrected chi connectivity index (χ2v) is 2.62. The summed E-state index contributed by atoms with van der Waals surface area (Å²) < 4.78 is 0. The maximum atomic E-state index is 10.4. The van der Waals surface area contributed by atoms with Gasteiger partial charge >= 0.3 is 0 Å². The maximum absolute atomic E-state index is 10.4. The van der Waals surface area contributed by atoms with Crippen LogP contribution in [0, 0.1) is 10.1 Å². The van der Waals surface area contributed by atoms with Crippen molar-refractivity contribution in [2.24, 2.45) is 5.73 Å². The molecule has 0 aromatic heterocycles. The SMILES string of the molecule is CC(N)=[NH+]c1cccc([N+](=O)[O-])c1. The van der Waals surface area contributed by atoms with E-state index in [-0.39, 0.29) is 5.69 Å². The van der Waals surface area contributed by atoms with Crippen LogP contribution in [0.3, 0.4) is 0 Å². The van der Waals surface area contributed by atoms with E-state index in [0.29, 0.717) is 11.5 Å². The number of nitro groups is 1. The van der Waals surface area contributed by atoms with Gasteiger partial charge in [-0.3, -0.25) is 15.8 Å². The quantitative estimate of drug-likeness (QED) is 0.283. The van der Waals surface area contributed by atoms with Crippen LogP contribution in [0.25, 0.3) is 0 Å². The van der Waals surface area contributed by atoms with Crippen molar-refractivity contribution in [1.82, 2.24) is 0 Å². The molecule has 5 heteroatoms. The van der Waals surface area contributed by atoms with Crippen molar-refractivity contribution in [2.45, 2.75) is 6.92 Å². The summed E-state index contributed by atoms with van der Waals surface area (Å²) in [6.07, 6.45) is 0. The van der Waals surface area contributed by atoms with E-state index in [9.17, 15) is 10.1 Å². The highest BCUT2D eigenvalue weighted by Crippen LogP contribution is 2.12. The molecule has 0 amide bonds. The Kier molecular flexibility index (Phi) is 2.59. The van der Waals surface area contributed by atoms with E-state index in [2.05, 4.69) is 4.99 Å². The van der Waals surface area contributed by atoms with Gasteiger partial charge < -0.3 is 0 Å². The Balaban J connectivity index is 3.06. The highest BCUT2D eigenvalue weighted by molar-refractivity contribution is 5.72. The van der Waals surface area contributed by atoms with Crippen LogP contribution >= 0.6 is 0 Å². The van der Waals surface area contributed by atoms with Crippen LogP contribution < -0.4 is 10.7 Å². The van der Waals surface area contributed by atoms with Crippen molar-refractivity contribution in [1.29, 1.82) is 0 Å². The van der Waals surface area contributed by atoms with Gasteiger partial charge in [-0.05, 0) is 6.07 Å². The third kappa shape index (κ3) is 2.55. The molecule has 1 rings (SSSR count). The summed E-state index contributed by atoms with van der Waals surface area (Å²) in [5, 5.41) is 10.4. The number of amidine groups is 1. The van der Waals surface area contributed by atoms with Gasteiger partial charge in [-0.15, -0.1) is 0 Å². The van der Waals surface area contributed by atoms with Crippen LogP contribution in [-0.2, 0) is 0 Å². The third-order valence-corrected chi connectivity index (χ3v) is 1.40. The predicted octanol–water partition coefficient (Wildman–Crippen LogP) is -0.316. The summed E-state index contributed by atoms with van der Waals surface area (Å²) >= 11 is 0. The van der Waals surface area contributed by atoms with E-state index >= 15 is 0 Å². The Morgan fingerprint density at radius 1 is 1.62 bits per heavy atom. The Hall–Kier alpha value is -1.91. The molecule has 0 aliphatic rings. The summed E-state index contributed by atoms with van der Waals surface area (Å²) in [5.41, 5.74) is 6.05. The third-order valence-electron chi connectivity index (χ3n) is 1.40. The van der Waals surface area contributed by atoms with Crippen molar-refractivity contribution in [3.05, 3.63) is 34.4 Å². The zero-order chi connectivity index (χ0) is 9.84. The molecular weight excluding hydrogens is 170 g/mol. The Morgan fingerprint density at radius 2 is 2.31 bits per heavy atom. The molecular formula is C8H10N3O2+. The molecule has 0 aliphatic carbocycles. The monoisotopic (exact) mass is 180 g/mol. The summed E-state index contributed by atoms with van der Waals surface area (Å²) in [7, 11) is 0. The molecule has 0 aliphatic heterocycles. The lowest BCUT2D eigenvalue weighted by Crippen LogP contribution is -2.68. The molecule has 0 bridgehead atoms. The highest BCUT2D eigenvalue weighted by atomic mass is 16.6. The van der Waals surface area contributed by atoms with Gasteiger partial charge in [-0.1, -0.05) is 6.07 Å². The number of hydrogen-bond acceptors (Lipinski definition) is 2. The fourth-order valence-corrected chi connectivity index (χ4v) is 0.925. The number of rotatable bonds is 2. The molecule has 0 saturated heterocycles. The van der Waals surface area contributed by atoms with Gasteiger partial charge in [0.2, 0.25) is 5.84 Å². The van der Waals surface area contributed by atoms with E-state index < -0.39 is 4.92 Å². The molecule has 0 saturated carbocycles. The molecule has 0 radical (unpaired) electrons. The Labute approximate surface area is 75.0 Å². The minimum Gasteiger partial charge on any atom is -0.291 e. The molecule has 1 aromatic carbocycles. The van der Waals surface area contributed by atoms with Crippen LogP contribution in [-0.4, -0.2) is 10.8 Å². The molecule has 0 spiro atoms. The van der Waals surface area contributed by atoms with Crippen LogP contribution in [0.4, 0.5) is 11.4 Å². The maximum Gasteiger partial charge on any atom is 0.273 e. The first-order valence-electron chi connectivity index (χ1n) is 3.70. The molecule has 0 unspecified atom stereocenters. The van der Waals surface area contributed by atoms with Gasteiger partial charge in [0.1, 0.15) is 5.69 Å². The Morgan fingerprint density at radius 3 is 2.85 bits per heavy atom. The second kappa shape index (κ2) is 3.66. The van der Waals surface area contributed by atoms with Crippen LogP contribution in [0.5, 0.6) is 0 Å². The molecule has 13 heavy (non-hydrogen) atoms. The molecule has 0 atom stereocenters. The van der Waals surface area contributed by atoms with E-state index in [1.807, 2.05) is 0 Å². The van der Waals surface area contributed by atoms with Gasteiger partial charge in [0.15, 0.2) is 0 Å². The zero-order valence-electron chi connectivity index (χ0n) is 7.15. The van der Waals surface area contributed by atoms with Gasteiger partial charge in [0, 0.05) is 13.0 Å². The summed E-state index contributed by atoms with van der Waals surface area (Å²) in [5.74, 6) is 0.500. The van der Waals surface area contributed by atoms with E-state index in [1.54, 1.807) is 19.1 Å². The second-order valence-electron chi connectivity index (χ2n) is 2.62. The molecule has 68 valence electrons. The summed E-state index contributed by atoms with van der Waals surface area (Å²) in [4.78, 5) is 12.7. The van der Waals surface area contributed by atoms with Crippen molar-refractivity contribution >= 4 is 17.2 Å². The van der Waals surface area contributed by atoms with E-state index in [0.717, 1.165) is 0 Å². The minimum absolute atomic E-state index is 0.0475. The topological polar surface area (TPSA) is 83.1 Å². The van der Waals surface area contributed by atoms with Crippen molar-refractivity contribution in [3.8, 4) is 0 Å². The fourth-order valence-electron chi connectivity index (χ4n) is 0.925. The first kappa shape index (κ1) is 9.18. The molecule has 0 heterocycles. The average Bonchev–Trinajstić information content (AvgIpc) is 2.03. The fraction of sp³-hybridized carbons (Fsp3) is 0.125. The normalized spacial score (nSPS) is 11.3. The largest absolute Gasteiger partial charge is 0.291 e.